The second-order valence-electron chi connectivity index (χ2n) is 8.50. The van der Waals surface area contributed by atoms with Crippen molar-refractivity contribution in [1.29, 1.82) is 0 Å². The standard InChI is InChI=1S/C24H28N4O4/c1-26-15-18(23(31)27-11-7-2-3-8-12-27)13-20(24(26)32)25-22(30)17-14-21(29)28(16-17)19-9-5-4-6-10-19/h4-6,9-10,13,15,17H,2-3,7-8,11-12,14,16H2,1H3,(H,25,30)/t17-/m1/s1. The van der Waals surface area contributed by atoms with Crippen LogP contribution in [0.4, 0.5) is 11.4 Å². The molecule has 2 aliphatic heterocycles. The molecule has 0 spiro atoms. The van der Waals surface area contributed by atoms with Gasteiger partial charge in [-0.2, -0.15) is 0 Å². The molecule has 4 rings (SSSR count). The van der Waals surface area contributed by atoms with Crippen molar-refractivity contribution in [3.05, 3.63) is 58.5 Å². The van der Waals surface area contributed by atoms with Gasteiger partial charge in [0.2, 0.25) is 11.8 Å². The monoisotopic (exact) mass is 436 g/mol. The second-order valence-corrected chi connectivity index (χ2v) is 8.50. The smallest absolute Gasteiger partial charge is 0.274 e. The number of pyridine rings is 1. The zero-order chi connectivity index (χ0) is 22.7. The van der Waals surface area contributed by atoms with E-state index in [1.54, 1.807) is 11.9 Å². The number of benzene rings is 1. The van der Waals surface area contributed by atoms with Crippen LogP contribution in [0.5, 0.6) is 0 Å². The zero-order valence-electron chi connectivity index (χ0n) is 18.3. The summed E-state index contributed by atoms with van der Waals surface area (Å²) in [7, 11) is 1.56. The molecule has 0 unspecified atom stereocenters. The van der Waals surface area contributed by atoms with Gasteiger partial charge in [-0.1, -0.05) is 31.0 Å². The quantitative estimate of drug-likeness (QED) is 0.797. The van der Waals surface area contributed by atoms with Gasteiger partial charge in [0, 0.05) is 45.0 Å². The second kappa shape index (κ2) is 9.38. The normalized spacial score (nSPS) is 19.0. The summed E-state index contributed by atoms with van der Waals surface area (Å²) in [5, 5.41) is 2.67. The van der Waals surface area contributed by atoms with Gasteiger partial charge < -0.3 is 19.7 Å². The number of anilines is 2. The molecule has 3 heterocycles. The van der Waals surface area contributed by atoms with E-state index in [9.17, 15) is 19.2 Å². The van der Waals surface area contributed by atoms with Gasteiger partial charge in [-0.3, -0.25) is 19.2 Å². The number of rotatable bonds is 4. The predicted molar refractivity (Wildman–Crippen MR) is 122 cm³/mol. The molecule has 8 heteroatoms. The lowest BCUT2D eigenvalue weighted by Crippen LogP contribution is -2.34. The summed E-state index contributed by atoms with van der Waals surface area (Å²) in [6.07, 6.45) is 5.75. The predicted octanol–water partition coefficient (Wildman–Crippen LogP) is 2.39. The molecule has 0 bridgehead atoms. The molecule has 0 saturated carbocycles. The van der Waals surface area contributed by atoms with Gasteiger partial charge in [0.25, 0.3) is 11.5 Å². The number of likely N-dealkylation sites (tertiary alicyclic amines) is 1. The van der Waals surface area contributed by atoms with Crippen molar-refractivity contribution in [2.75, 3.05) is 29.9 Å². The first kappa shape index (κ1) is 21.8. The van der Waals surface area contributed by atoms with Crippen LogP contribution in [-0.4, -0.2) is 46.8 Å². The Kier molecular flexibility index (Phi) is 6.39. The summed E-state index contributed by atoms with van der Waals surface area (Å²) in [6.45, 7) is 1.65. The molecule has 1 aromatic carbocycles. The van der Waals surface area contributed by atoms with Crippen molar-refractivity contribution in [3.8, 4) is 0 Å². The highest BCUT2D eigenvalue weighted by molar-refractivity contribution is 6.04. The van der Waals surface area contributed by atoms with Crippen LogP contribution in [0.1, 0.15) is 42.5 Å². The van der Waals surface area contributed by atoms with Crippen LogP contribution in [-0.2, 0) is 16.6 Å². The number of hydrogen-bond donors (Lipinski definition) is 1. The van der Waals surface area contributed by atoms with Crippen LogP contribution in [0.3, 0.4) is 0 Å². The van der Waals surface area contributed by atoms with Crippen molar-refractivity contribution < 1.29 is 14.4 Å². The summed E-state index contributed by atoms with van der Waals surface area (Å²) in [6, 6.07) is 10.7. The number of aryl methyl sites for hydroxylation is 1. The maximum atomic E-state index is 13.0. The minimum Gasteiger partial charge on any atom is -0.339 e. The molecule has 2 aromatic rings. The van der Waals surface area contributed by atoms with E-state index in [0.29, 0.717) is 18.7 Å². The molecular weight excluding hydrogens is 408 g/mol. The molecule has 1 N–H and O–H groups in total. The van der Waals surface area contributed by atoms with E-state index in [1.807, 2.05) is 35.2 Å². The fraction of sp³-hybridized carbons (Fsp3) is 0.417. The first-order valence-corrected chi connectivity index (χ1v) is 11.1. The molecule has 8 nitrogen and oxygen atoms in total. The summed E-state index contributed by atoms with van der Waals surface area (Å²) in [5.74, 6) is -1.23. The van der Waals surface area contributed by atoms with Crippen LogP contribution in [0.15, 0.2) is 47.4 Å². The molecule has 3 amide bonds. The Labute approximate surface area is 186 Å². The van der Waals surface area contributed by atoms with E-state index in [0.717, 1.165) is 31.4 Å². The van der Waals surface area contributed by atoms with E-state index >= 15 is 0 Å². The van der Waals surface area contributed by atoms with Crippen LogP contribution in [0.2, 0.25) is 0 Å². The highest BCUT2D eigenvalue weighted by atomic mass is 16.2. The van der Waals surface area contributed by atoms with Crippen molar-refractivity contribution in [3.63, 3.8) is 0 Å². The summed E-state index contributed by atoms with van der Waals surface area (Å²) in [4.78, 5) is 54.4. The topological polar surface area (TPSA) is 91.7 Å². The molecule has 1 atom stereocenters. The lowest BCUT2D eigenvalue weighted by atomic mass is 10.1. The SMILES string of the molecule is Cn1cc(C(=O)N2CCCCCC2)cc(NC(=O)[C@@H]2CC(=O)N(c3ccccc3)C2)c1=O. The van der Waals surface area contributed by atoms with Crippen molar-refractivity contribution in [2.45, 2.75) is 32.1 Å². The van der Waals surface area contributed by atoms with E-state index in [4.69, 9.17) is 0 Å². The molecular formula is C24H28N4O4. The van der Waals surface area contributed by atoms with E-state index in [2.05, 4.69) is 5.32 Å². The first-order valence-electron chi connectivity index (χ1n) is 11.1. The van der Waals surface area contributed by atoms with Crippen LogP contribution in [0.25, 0.3) is 0 Å². The fourth-order valence-corrected chi connectivity index (χ4v) is 4.35. The van der Waals surface area contributed by atoms with E-state index in [1.165, 1.54) is 16.8 Å². The Balaban J connectivity index is 1.50. The van der Waals surface area contributed by atoms with Crippen molar-refractivity contribution in [1.82, 2.24) is 9.47 Å². The average Bonchev–Trinajstić information content (AvgIpc) is 3.00. The van der Waals surface area contributed by atoms with Crippen LogP contribution >= 0.6 is 0 Å². The number of nitrogens with zero attached hydrogens (tertiary/aromatic N) is 3. The Morgan fingerprint density at radius 3 is 2.38 bits per heavy atom. The van der Waals surface area contributed by atoms with Gasteiger partial charge >= 0.3 is 0 Å². The molecule has 168 valence electrons. The molecule has 0 radical (unpaired) electrons. The summed E-state index contributed by atoms with van der Waals surface area (Å²) in [5.41, 5.74) is 0.783. The summed E-state index contributed by atoms with van der Waals surface area (Å²) >= 11 is 0. The number of hydrogen-bond acceptors (Lipinski definition) is 4. The molecule has 2 fully saturated rings. The highest BCUT2D eigenvalue weighted by Crippen LogP contribution is 2.25. The highest BCUT2D eigenvalue weighted by Gasteiger charge is 2.35. The number of para-hydroxylation sites is 1. The molecule has 2 aliphatic rings. The molecule has 1 aromatic heterocycles. The molecule has 32 heavy (non-hydrogen) atoms. The van der Waals surface area contributed by atoms with Crippen LogP contribution < -0.4 is 15.8 Å². The van der Waals surface area contributed by atoms with E-state index < -0.39 is 17.4 Å². The Hall–Kier alpha value is -3.42. The third-order valence-corrected chi connectivity index (χ3v) is 6.15. The number of carbonyl (C=O) groups excluding carboxylic acids is 3. The Bertz CT molecular complexity index is 1070. The maximum Gasteiger partial charge on any atom is 0.274 e. The molecule has 0 aliphatic carbocycles. The number of carbonyl (C=O) groups is 3. The third-order valence-electron chi connectivity index (χ3n) is 6.15. The van der Waals surface area contributed by atoms with Gasteiger partial charge in [0.05, 0.1) is 11.5 Å². The molecule has 2 saturated heterocycles. The largest absolute Gasteiger partial charge is 0.339 e. The van der Waals surface area contributed by atoms with Crippen molar-refractivity contribution >= 4 is 29.1 Å². The lowest BCUT2D eigenvalue weighted by Gasteiger charge is -2.21. The number of aromatic nitrogens is 1. The lowest BCUT2D eigenvalue weighted by molar-refractivity contribution is -0.122. The maximum absolute atomic E-state index is 13.0. The minimum absolute atomic E-state index is 0.0591. The number of nitrogens with one attached hydrogen (secondary N) is 1. The zero-order valence-corrected chi connectivity index (χ0v) is 18.3. The average molecular weight is 437 g/mol. The summed E-state index contributed by atoms with van der Waals surface area (Å²) < 4.78 is 1.32. The fourth-order valence-electron chi connectivity index (χ4n) is 4.35. The Morgan fingerprint density at radius 2 is 1.69 bits per heavy atom. The van der Waals surface area contributed by atoms with Crippen molar-refractivity contribution in [2.24, 2.45) is 13.0 Å². The van der Waals surface area contributed by atoms with Crippen LogP contribution in [0, 0.1) is 5.92 Å². The number of amides is 3. The van der Waals surface area contributed by atoms with Gasteiger partial charge in [-0.05, 0) is 31.0 Å². The minimum atomic E-state index is -0.572. The van der Waals surface area contributed by atoms with Gasteiger partial charge in [0.1, 0.15) is 5.69 Å². The van der Waals surface area contributed by atoms with Gasteiger partial charge in [-0.25, -0.2) is 0 Å². The first-order chi connectivity index (χ1) is 15.4. The van der Waals surface area contributed by atoms with Gasteiger partial charge in [-0.15, -0.1) is 0 Å². The Morgan fingerprint density at radius 1 is 1.00 bits per heavy atom. The van der Waals surface area contributed by atoms with E-state index in [-0.39, 0.29) is 30.5 Å². The third kappa shape index (κ3) is 4.59. The van der Waals surface area contributed by atoms with Gasteiger partial charge in [0.15, 0.2) is 0 Å².